The molecule has 0 aromatic heterocycles. The summed E-state index contributed by atoms with van der Waals surface area (Å²) in [4.78, 5) is 25.3. The molecule has 2 aliphatic rings. The smallest absolute Gasteiger partial charge is 0.407 e. The molecular weight excluding hydrogens is 366 g/mol. The van der Waals surface area contributed by atoms with Crippen molar-refractivity contribution in [2.45, 2.75) is 38.5 Å². The maximum atomic E-state index is 13.0. The maximum absolute atomic E-state index is 13.0. The van der Waals surface area contributed by atoms with E-state index in [9.17, 15) is 9.59 Å². The quantitative estimate of drug-likeness (QED) is 0.701. The van der Waals surface area contributed by atoms with Crippen molar-refractivity contribution in [2.24, 2.45) is 23.5 Å². The Morgan fingerprint density at radius 1 is 1.00 bits per heavy atom. The molecule has 0 heterocycles. The number of alkyl carbamates (subject to hydrolysis) is 1. The first kappa shape index (κ1) is 19.5. The molecule has 6 nitrogen and oxygen atoms in total. The van der Waals surface area contributed by atoms with Crippen LogP contribution in [0, 0.1) is 17.8 Å². The van der Waals surface area contributed by atoms with E-state index in [4.69, 9.17) is 10.5 Å². The average molecular weight is 393 g/mol. The number of benzene rings is 2. The zero-order chi connectivity index (χ0) is 20.2. The summed E-state index contributed by atoms with van der Waals surface area (Å²) in [6.45, 7) is 0.644. The van der Waals surface area contributed by atoms with Crippen molar-refractivity contribution in [2.75, 3.05) is 5.32 Å². The predicted octanol–water partition coefficient (Wildman–Crippen LogP) is 3.42. The fraction of sp³-hybridized carbons (Fsp3) is 0.391. The van der Waals surface area contributed by atoms with Gasteiger partial charge in [0.25, 0.3) is 0 Å². The summed E-state index contributed by atoms with van der Waals surface area (Å²) in [5.74, 6) is 0.404. The van der Waals surface area contributed by atoms with Crippen LogP contribution in [0.15, 0.2) is 54.6 Å². The summed E-state index contributed by atoms with van der Waals surface area (Å²) < 4.78 is 5.36. The van der Waals surface area contributed by atoms with Crippen LogP contribution in [-0.4, -0.2) is 18.0 Å². The largest absolute Gasteiger partial charge is 0.445 e. The van der Waals surface area contributed by atoms with Crippen LogP contribution in [0.3, 0.4) is 0 Å². The lowest BCUT2D eigenvalue weighted by Crippen LogP contribution is -2.61. The number of rotatable bonds is 6. The van der Waals surface area contributed by atoms with E-state index in [2.05, 4.69) is 10.6 Å². The Labute approximate surface area is 170 Å². The number of anilines is 1. The number of nitrogens with one attached hydrogen (secondary N) is 2. The van der Waals surface area contributed by atoms with E-state index < -0.39 is 6.09 Å². The number of amides is 2. The van der Waals surface area contributed by atoms with Crippen LogP contribution in [0.4, 0.5) is 10.5 Å². The number of fused-ring (bicyclic) bond motifs is 1. The fourth-order valence-electron chi connectivity index (χ4n) is 4.75. The standard InChI is InChI=1S/C23H27N3O3/c24-13-16-8-4-9-17(12-16)25-22(27)20-18-10-5-11-19(18)21(20)26-23(28)29-14-15-6-2-1-3-7-15/h1-4,6-9,12,18-21H,5,10-11,13-14,24H2,(H,25,27)(H,26,28)/t18-,19+,20-,21-/m0/s1. The Kier molecular flexibility index (Phi) is 5.81. The van der Waals surface area contributed by atoms with Gasteiger partial charge in [-0.2, -0.15) is 0 Å². The van der Waals surface area contributed by atoms with Gasteiger partial charge in [-0.25, -0.2) is 4.79 Å². The molecule has 0 spiro atoms. The molecule has 4 N–H and O–H groups in total. The van der Waals surface area contributed by atoms with Crippen LogP contribution in [0.25, 0.3) is 0 Å². The molecule has 0 saturated heterocycles. The summed E-state index contributed by atoms with van der Waals surface area (Å²) in [5.41, 5.74) is 8.33. The number of carbonyl (C=O) groups excluding carboxylic acids is 2. The van der Waals surface area contributed by atoms with Crippen LogP contribution < -0.4 is 16.4 Å². The molecule has 29 heavy (non-hydrogen) atoms. The molecule has 2 aromatic carbocycles. The maximum Gasteiger partial charge on any atom is 0.407 e. The van der Waals surface area contributed by atoms with Crippen molar-refractivity contribution in [3.05, 3.63) is 65.7 Å². The lowest BCUT2D eigenvalue weighted by Gasteiger charge is -2.47. The molecule has 4 atom stereocenters. The molecule has 152 valence electrons. The van der Waals surface area contributed by atoms with E-state index >= 15 is 0 Å². The Morgan fingerprint density at radius 2 is 1.76 bits per heavy atom. The molecule has 2 aromatic rings. The van der Waals surface area contributed by atoms with Crippen molar-refractivity contribution in [1.29, 1.82) is 0 Å². The molecular formula is C23H27N3O3. The van der Waals surface area contributed by atoms with E-state index in [-0.39, 0.29) is 24.5 Å². The van der Waals surface area contributed by atoms with Gasteiger partial charge in [0.05, 0.1) is 5.92 Å². The summed E-state index contributed by atoms with van der Waals surface area (Å²) in [6, 6.07) is 16.9. The first-order valence-electron chi connectivity index (χ1n) is 10.2. The second-order valence-corrected chi connectivity index (χ2v) is 7.91. The van der Waals surface area contributed by atoms with Gasteiger partial charge >= 0.3 is 6.09 Å². The van der Waals surface area contributed by atoms with Gasteiger partial charge in [-0.3, -0.25) is 4.79 Å². The third-order valence-electron chi connectivity index (χ3n) is 6.16. The third-order valence-corrected chi connectivity index (χ3v) is 6.16. The molecule has 0 radical (unpaired) electrons. The zero-order valence-electron chi connectivity index (χ0n) is 16.3. The van der Waals surface area contributed by atoms with E-state index in [1.807, 2.05) is 54.6 Å². The summed E-state index contributed by atoms with van der Waals surface area (Å²) in [7, 11) is 0. The highest BCUT2D eigenvalue weighted by Crippen LogP contribution is 2.51. The molecule has 6 heteroatoms. The number of hydrogen-bond donors (Lipinski definition) is 3. The van der Waals surface area contributed by atoms with Gasteiger partial charge in [0.2, 0.25) is 5.91 Å². The highest BCUT2D eigenvalue weighted by molar-refractivity contribution is 5.94. The number of nitrogens with two attached hydrogens (primary N) is 1. The zero-order valence-corrected chi connectivity index (χ0v) is 16.3. The molecule has 0 unspecified atom stereocenters. The lowest BCUT2D eigenvalue weighted by atomic mass is 9.62. The van der Waals surface area contributed by atoms with Crippen molar-refractivity contribution in [3.8, 4) is 0 Å². The Morgan fingerprint density at radius 3 is 2.55 bits per heavy atom. The predicted molar refractivity (Wildman–Crippen MR) is 111 cm³/mol. The molecule has 4 rings (SSSR count). The van der Waals surface area contributed by atoms with Gasteiger partial charge in [-0.05, 0) is 47.9 Å². The minimum absolute atomic E-state index is 0.0457. The first-order valence-corrected chi connectivity index (χ1v) is 10.2. The number of carbonyl (C=O) groups is 2. The number of hydrogen-bond acceptors (Lipinski definition) is 4. The molecule has 0 bridgehead atoms. The van der Waals surface area contributed by atoms with Crippen LogP contribution in [0.1, 0.15) is 30.4 Å². The molecule has 0 aliphatic heterocycles. The monoisotopic (exact) mass is 393 g/mol. The first-order chi connectivity index (χ1) is 14.2. The molecule has 2 saturated carbocycles. The normalized spacial score (nSPS) is 24.9. The fourth-order valence-corrected chi connectivity index (χ4v) is 4.75. The van der Waals surface area contributed by atoms with Crippen LogP contribution in [0.5, 0.6) is 0 Å². The highest BCUT2D eigenvalue weighted by Gasteiger charge is 2.56. The minimum Gasteiger partial charge on any atom is -0.445 e. The van der Waals surface area contributed by atoms with Gasteiger partial charge in [0.1, 0.15) is 6.61 Å². The number of ether oxygens (including phenoxy) is 1. The van der Waals surface area contributed by atoms with Crippen molar-refractivity contribution in [1.82, 2.24) is 5.32 Å². The van der Waals surface area contributed by atoms with E-state index in [0.29, 0.717) is 18.4 Å². The topological polar surface area (TPSA) is 93.5 Å². The lowest BCUT2D eigenvalue weighted by molar-refractivity contribution is -0.129. The molecule has 2 fully saturated rings. The van der Waals surface area contributed by atoms with E-state index in [0.717, 1.165) is 36.1 Å². The van der Waals surface area contributed by atoms with Crippen molar-refractivity contribution in [3.63, 3.8) is 0 Å². The second kappa shape index (κ2) is 8.66. The summed E-state index contributed by atoms with van der Waals surface area (Å²) in [5, 5.41) is 5.96. The van der Waals surface area contributed by atoms with Crippen LogP contribution in [-0.2, 0) is 22.7 Å². The van der Waals surface area contributed by atoms with E-state index in [1.54, 1.807) is 0 Å². The Balaban J connectivity index is 1.37. The SMILES string of the molecule is NCc1cccc(NC(=O)[C@H]2[C@H]3CCC[C@H]3[C@@H]2NC(=O)OCc2ccccc2)c1. The summed E-state index contributed by atoms with van der Waals surface area (Å²) in [6.07, 6.45) is 2.70. The average Bonchev–Trinajstić information content (AvgIpc) is 3.15. The highest BCUT2D eigenvalue weighted by atomic mass is 16.5. The van der Waals surface area contributed by atoms with Crippen molar-refractivity contribution >= 4 is 17.7 Å². The van der Waals surface area contributed by atoms with Crippen LogP contribution >= 0.6 is 0 Å². The third kappa shape index (κ3) is 4.27. The van der Waals surface area contributed by atoms with Crippen LogP contribution in [0.2, 0.25) is 0 Å². The van der Waals surface area contributed by atoms with Crippen molar-refractivity contribution < 1.29 is 14.3 Å². The van der Waals surface area contributed by atoms with Gasteiger partial charge in [0.15, 0.2) is 0 Å². The van der Waals surface area contributed by atoms with Gasteiger partial charge in [-0.1, -0.05) is 48.9 Å². The van der Waals surface area contributed by atoms with E-state index in [1.165, 1.54) is 0 Å². The second-order valence-electron chi connectivity index (χ2n) is 7.91. The Bertz CT molecular complexity index is 871. The molecule has 2 amide bonds. The van der Waals surface area contributed by atoms with Gasteiger partial charge < -0.3 is 21.1 Å². The minimum atomic E-state index is -0.466. The van der Waals surface area contributed by atoms with Gasteiger partial charge in [-0.15, -0.1) is 0 Å². The Hall–Kier alpha value is -2.86. The summed E-state index contributed by atoms with van der Waals surface area (Å²) >= 11 is 0. The molecule has 2 aliphatic carbocycles. The van der Waals surface area contributed by atoms with Gasteiger partial charge in [0, 0.05) is 18.3 Å².